The SMILES string of the molecule is NC(CC(=O)N1CCCN(CCO)CC1)c1ccccc1. The van der Waals surface area contributed by atoms with E-state index in [1.807, 2.05) is 35.2 Å². The third-order valence-corrected chi connectivity index (χ3v) is 3.98. The smallest absolute Gasteiger partial charge is 0.224 e. The Kier molecular flexibility index (Phi) is 6.17. The lowest BCUT2D eigenvalue weighted by atomic mass is 10.0. The molecule has 116 valence electrons. The van der Waals surface area contributed by atoms with Gasteiger partial charge in [0.15, 0.2) is 0 Å². The standard InChI is InChI=1S/C16H25N3O2/c17-15(14-5-2-1-3-6-14)13-16(21)19-8-4-7-18(9-10-19)11-12-20/h1-3,5-6,15,20H,4,7-13,17H2. The van der Waals surface area contributed by atoms with Gasteiger partial charge in [0.25, 0.3) is 0 Å². The van der Waals surface area contributed by atoms with Gasteiger partial charge in [-0.1, -0.05) is 30.3 Å². The van der Waals surface area contributed by atoms with Crippen LogP contribution in [0.5, 0.6) is 0 Å². The first-order valence-corrected chi connectivity index (χ1v) is 7.62. The maximum Gasteiger partial charge on any atom is 0.224 e. The summed E-state index contributed by atoms with van der Waals surface area (Å²) in [5.74, 6) is 0.122. The first-order chi connectivity index (χ1) is 10.2. The van der Waals surface area contributed by atoms with E-state index in [0.29, 0.717) is 13.0 Å². The second-order valence-electron chi connectivity index (χ2n) is 5.52. The molecule has 2 rings (SSSR count). The number of aliphatic hydroxyl groups is 1. The molecular weight excluding hydrogens is 266 g/mol. The second kappa shape index (κ2) is 8.12. The van der Waals surface area contributed by atoms with Crippen molar-refractivity contribution < 1.29 is 9.90 Å². The highest BCUT2D eigenvalue weighted by atomic mass is 16.3. The predicted molar refractivity (Wildman–Crippen MR) is 82.7 cm³/mol. The summed E-state index contributed by atoms with van der Waals surface area (Å²) >= 11 is 0. The van der Waals surface area contributed by atoms with Crippen LogP contribution in [0.15, 0.2) is 30.3 Å². The van der Waals surface area contributed by atoms with Crippen LogP contribution in [0.2, 0.25) is 0 Å². The fourth-order valence-corrected chi connectivity index (χ4v) is 2.72. The van der Waals surface area contributed by atoms with Gasteiger partial charge in [-0.15, -0.1) is 0 Å². The highest BCUT2D eigenvalue weighted by Gasteiger charge is 2.21. The minimum absolute atomic E-state index is 0.122. The third-order valence-electron chi connectivity index (χ3n) is 3.98. The van der Waals surface area contributed by atoms with Crippen molar-refractivity contribution in [1.82, 2.24) is 9.80 Å². The molecule has 0 bridgehead atoms. The topological polar surface area (TPSA) is 69.8 Å². The summed E-state index contributed by atoms with van der Waals surface area (Å²) in [4.78, 5) is 16.5. The van der Waals surface area contributed by atoms with E-state index in [4.69, 9.17) is 10.8 Å². The molecule has 1 aliphatic rings. The number of nitrogens with two attached hydrogens (primary N) is 1. The molecule has 21 heavy (non-hydrogen) atoms. The third kappa shape index (κ3) is 4.81. The van der Waals surface area contributed by atoms with Gasteiger partial charge in [-0.25, -0.2) is 0 Å². The molecule has 1 aromatic carbocycles. The number of carbonyl (C=O) groups excluding carboxylic acids is 1. The molecule has 0 saturated carbocycles. The Hall–Kier alpha value is -1.43. The summed E-state index contributed by atoms with van der Waals surface area (Å²) in [6.07, 6.45) is 1.30. The maximum absolute atomic E-state index is 12.4. The van der Waals surface area contributed by atoms with Crippen LogP contribution >= 0.6 is 0 Å². The normalized spacial score (nSPS) is 18.3. The molecule has 3 N–H and O–H groups in total. The van der Waals surface area contributed by atoms with Gasteiger partial charge in [0.2, 0.25) is 5.91 Å². The highest BCUT2D eigenvalue weighted by Crippen LogP contribution is 2.15. The summed E-state index contributed by atoms with van der Waals surface area (Å²) in [5, 5.41) is 8.99. The maximum atomic E-state index is 12.4. The number of β-amino-alcohol motifs (C(OH)–C–C–N with tert-alkyl or cyclic N) is 1. The Balaban J connectivity index is 1.85. The van der Waals surface area contributed by atoms with Crippen LogP contribution in [-0.2, 0) is 4.79 Å². The minimum Gasteiger partial charge on any atom is -0.395 e. The number of hydrogen-bond acceptors (Lipinski definition) is 4. The van der Waals surface area contributed by atoms with Gasteiger partial charge >= 0.3 is 0 Å². The van der Waals surface area contributed by atoms with E-state index < -0.39 is 0 Å². The molecule has 1 atom stereocenters. The van der Waals surface area contributed by atoms with Crippen molar-refractivity contribution >= 4 is 5.91 Å². The fraction of sp³-hybridized carbons (Fsp3) is 0.562. The van der Waals surface area contributed by atoms with E-state index in [0.717, 1.165) is 38.2 Å². The van der Waals surface area contributed by atoms with Crippen molar-refractivity contribution in [2.75, 3.05) is 39.3 Å². The molecule has 1 saturated heterocycles. The van der Waals surface area contributed by atoms with Crippen molar-refractivity contribution in [3.8, 4) is 0 Å². The zero-order valence-corrected chi connectivity index (χ0v) is 12.4. The largest absolute Gasteiger partial charge is 0.395 e. The predicted octanol–water partition coefficient (Wildman–Crippen LogP) is 0.603. The molecule has 0 aromatic heterocycles. The molecule has 5 nitrogen and oxygen atoms in total. The van der Waals surface area contributed by atoms with Gasteiger partial charge in [-0.2, -0.15) is 0 Å². The molecule has 1 aromatic rings. The molecule has 0 aliphatic carbocycles. The Morgan fingerprint density at radius 1 is 1.19 bits per heavy atom. The van der Waals surface area contributed by atoms with Crippen molar-refractivity contribution in [3.05, 3.63) is 35.9 Å². The summed E-state index contributed by atoms with van der Waals surface area (Å²) in [5.41, 5.74) is 7.13. The molecular formula is C16H25N3O2. The van der Waals surface area contributed by atoms with Crippen LogP contribution in [0.4, 0.5) is 0 Å². The van der Waals surface area contributed by atoms with E-state index in [9.17, 15) is 4.79 Å². The van der Waals surface area contributed by atoms with Crippen LogP contribution in [0.25, 0.3) is 0 Å². The lowest BCUT2D eigenvalue weighted by Gasteiger charge is -2.23. The first kappa shape index (κ1) is 15.9. The Bertz CT molecular complexity index is 438. The zero-order chi connectivity index (χ0) is 15.1. The number of hydrogen-bond donors (Lipinski definition) is 2. The molecule has 0 radical (unpaired) electrons. The van der Waals surface area contributed by atoms with Crippen LogP contribution in [0.3, 0.4) is 0 Å². The van der Waals surface area contributed by atoms with E-state index in [2.05, 4.69) is 4.90 Å². The highest BCUT2D eigenvalue weighted by molar-refractivity contribution is 5.77. The lowest BCUT2D eigenvalue weighted by Crippen LogP contribution is -2.37. The van der Waals surface area contributed by atoms with Gasteiger partial charge in [-0.05, 0) is 18.5 Å². The van der Waals surface area contributed by atoms with Gasteiger partial charge in [-0.3, -0.25) is 9.69 Å². The minimum atomic E-state index is -0.240. The van der Waals surface area contributed by atoms with E-state index in [1.165, 1.54) is 0 Å². The molecule has 0 spiro atoms. The number of carbonyl (C=O) groups is 1. The second-order valence-corrected chi connectivity index (χ2v) is 5.52. The Labute approximate surface area is 126 Å². The van der Waals surface area contributed by atoms with Crippen molar-refractivity contribution in [3.63, 3.8) is 0 Å². The van der Waals surface area contributed by atoms with Crippen molar-refractivity contribution in [2.24, 2.45) is 5.73 Å². The lowest BCUT2D eigenvalue weighted by molar-refractivity contribution is -0.131. The van der Waals surface area contributed by atoms with Gasteiger partial charge < -0.3 is 15.7 Å². The molecule has 1 unspecified atom stereocenters. The monoisotopic (exact) mass is 291 g/mol. The van der Waals surface area contributed by atoms with Crippen LogP contribution in [-0.4, -0.2) is 60.1 Å². The van der Waals surface area contributed by atoms with E-state index >= 15 is 0 Å². The molecule has 1 amide bonds. The number of benzene rings is 1. The number of aliphatic hydroxyl groups excluding tert-OH is 1. The van der Waals surface area contributed by atoms with Crippen LogP contribution in [0.1, 0.15) is 24.4 Å². The van der Waals surface area contributed by atoms with Crippen molar-refractivity contribution in [1.29, 1.82) is 0 Å². The Morgan fingerprint density at radius 2 is 1.95 bits per heavy atom. The molecule has 1 heterocycles. The van der Waals surface area contributed by atoms with E-state index in [-0.39, 0.29) is 18.6 Å². The fourth-order valence-electron chi connectivity index (χ4n) is 2.72. The molecule has 1 aliphatic heterocycles. The Morgan fingerprint density at radius 3 is 2.67 bits per heavy atom. The van der Waals surface area contributed by atoms with Gasteiger partial charge in [0.05, 0.1) is 6.61 Å². The molecule has 1 fully saturated rings. The van der Waals surface area contributed by atoms with E-state index in [1.54, 1.807) is 0 Å². The quantitative estimate of drug-likeness (QED) is 0.833. The van der Waals surface area contributed by atoms with Gasteiger partial charge in [0.1, 0.15) is 0 Å². The first-order valence-electron chi connectivity index (χ1n) is 7.62. The average molecular weight is 291 g/mol. The van der Waals surface area contributed by atoms with Crippen LogP contribution < -0.4 is 5.73 Å². The summed E-state index contributed by atoms with van der Waals surface area (Å²) < 4.78 is 0. The van der Waals surface area contributed by atoms with Crippen molar-refractivity contribution in [2.45, 2.75) is 18.9 Å². The number of amides is 1. The zero-order valence-electron chi connectivity index (χ0n) is 12.4. The average Bonchev–Trinajstić information content (AvgIpc) is 2.74. The summed E-state index contributed by atoms with van der Waals surface area (Å²) in [7, 11) is 0. The number of rotatable bonds is 5. The summed E-state index contributed by atoms with van der Waals surface area (Å²) in [6, 6.07) is 9.52. The number of nitrogens with zero attached hydrogens (tertiary/aromatic N) is 2. The molecule has 5 heteroatoms. The van der Waals surface area contributed by atoms with Crippen LogP contribution in [0, 0.1) is 0 Å². The van der Waals surface area contributed by atoms with Gasteiger partial charge in [0, 0.05) is 38.6 Å². The summed E-state index contributed by atoms with van der Waals surface area (Å²) in [6.45, 7) is 4.13.